The molecule has 1 aliphatic rings. The number of hydrogen-bond donors (Lipinski definition) is 2. The Bertz CT molecular complexity index is 1060. The molecule has 3 aromatic heterocycles. The number of hydrogen-bond acceptors (Lipinski definition) is 5. The lowest BCUT2D eigenvalue weighted by Gasteiger charge is -2.35. The van der Waals surface area contributed by atoms with E-state index in [0.29, 0.717) is 23.4 Å². The third-order valence-corrected chi connectivity index (χ3v) is 5.72. The number of rotatable bonds is 6. The number of aromatic nitrogens is 6. The van der Waals surface area contributed by atoms with Crippen LogP contribution in [0.1, 0.15) is 69.4 Å². The zero-order valence-corrected chi connectivity index (χ0v) is 17.1. The van der Waals surface area contributed by atoms with Crippen molar-refractivity contribution < 1.29 is 9.59 Å². The molecule has 1 saturated carbocycles. The number of H-pyrrole nitrogens is 1. The molecule has 152 valence electrons. The third-order valence-electron chi connectivity index (χ3n) is 5.72. The van der Waals surface area contributed by atoms with E-state index in [1.165, 1.54) is 6.92 Å². The summed E-state index contributed by atoms with van der Waals surface area (Å²) in [5, 5.41) is 15.9. The van der Waals surface area contributed by atoms with Gasteiger partial charge in [0.1, 0.15) is 12.4 Å². The van der Waals surface area contributed by atoms with Crippen molar-refractivity contribution >= 4 is 11.7 Å². The van der Waals surface area contributed by atoms with Gasteiger partial charge in [0.25, 0.3) is 5.91 Å². The van der Waals surface area contributed by atoms with Gasteiger partial charge in [-0.15, -0.1) is 10.2 Å². The summed E-state index contributed by atoms with van der Waals surface area (Å²) >= 11 is 0. The van der Waals surface area contributed by atoms with Gasteiger partial charge in [0.05, 0.1) is 11.3 Å². The number of aromatic amines is 1. The average Bonchev–Trinajstić information content (AvgIpc) is 3.33. The number of ketones is 1. The summed E-state index contributed by atoms with van der Waals surface area (Å²) in [5.74, 6) is 1.86. The largest absolute Gasteiger partial charge is 0.355 e. The second-order valence-electron chi connectivity index (χ2n) is 7.76. The zero-order chi connectivity index (χ0) is 20.7. The Labute approximate surface area is 168 Å². The van der Waals surface area contributed by atoms with Crippen LogP contribution in [0, 0.1) is 13.8 Å². The van der Waals surface area contributed by atoms with Gasteiger partial charge in [-0.2, -0.15) is 5.10 Å². The van der Waals surface area contributed by atoms with Gasteiger partial charge in [-0.25, -0.2) is 0 Å². The Morgan fingerprint density at radius 2 is 2.03 bits per heavy atom. The number of aryl methyl sites for hydroxylation is 1. The van der Waals surface area contributed by atoms with Gasteiger partial charge in [-0.3, -0.25) is 14.3 Å². The highest BCUT2D eigenvalue weighted by Crippen LogP contribution is 2.36. The highest BCUT2D eigenvalue weighted by atomic mass is 16.2. The molecule has 1 aliphatic carbocycles. The molecule has 3 aromatic rings. The molecular weight excluding hydrogens is 370 g/mol. The van der Waals surface area contributed by atoms with Crippen LogP contribution in [0.5, 0.6) is 0 Å². The van der Waals surface area contributed by atoms with E-state index in [1.807, 2.05) is 35.5 Å². The molecule has 2 N–H and O–H groups in total. The summed E-state index contributed by atoms with van der Waals surface area (Å²) in [6.45, 7) is 5.70. The van der Waals surface area contributed by atoms with Gasteiger partial charge < -0.3 is 14.9 Å². The molecule has 29 heavy (non-hydrogen) atoms. The minimum Gasteiger partial charge on any atom is -0.355 e. The summed E-state index contributed by atoms with van der Waals surface area (Å²) < 4.78 is 3.83. The quantitative estimate of drug-likeness (QED) is 0.619. The molecule has 9 heteroatoms. The molecular formula is C20H25N7O2. The van der Waals surface area contributed by atoms with E-state index in [-0.39, 0.29) is 23.7 Å². The lowest BCUT2D eigenvalue weighted by Crippen LogP contribution is -2.44. The Balaban J connectivity index is 1.38. The Hall–Kier alpha value is -3.23. The number of Topliss-reactive ketones (excluding diaryl/α,β-unsaturated/α-hetero) is 1. The maximum absolute atomic E-state index is 12.7. The summed E-state index contributed by atoms with van der Waals surface area (Å²) in [6, 6.07) is 1.97. The molecule has 0 bridgehead atoms. The molecule has 1 amide bonds. The molecule has 1 fully saturated rings. The third kappa shape index (κ3) is 3.48. The highest BCUT2D eigenvalue weighted by molar-refractivity contribution is 6.02. The number of nitrogens with zero attached hydrogens (tertiary/aromatic N) is 5. The molecule has 0 unspecified atom stereocenters. The Morgan fingerprint density at radius 3 is 2.66 bits per heavy atom. The summed E-state index contributed by atoms with van der Waals surface area (Å²) in [7, 11) is 1.97. The molecule has 0 aromatic carbocycles. The number of nitrogens with one attached hydrogen (secondary N) is 2. The lowest BCUT2D eigenvalue weighted by atomic mass is 9.79. The lowest BCUT2D eigenvalue weighted by molar-refractivity contribution is 0.0905. The second-order valence-corrected chi connectivity index (χ2v) is 7.76. The van der Waals surface area contributed by atoms with Gasteiger partial charge in [-0.1, -0.05) is 0 Å². The van der Waals surface area contributed by atoms with Crippen molar-refractivity contribution in [1.29, 1.82) is 0 Å². The van der Waals surface area contributed by atoms with Crippen molar-refractivity contribution in [3.05, 3.63) is 52.6 Å². The van der Waals surface area contributed by atoms with Crippen LogP contribution >= 0.6 is 0 Å². The molecule has 4 rings (SSSR count). The molecule has 0 atom stereocenters. The Morgan fingerprint density at radius 1 is 1.28 bits per heavy atom. The predicted molar refractivity (Wildman–Crippen MR) is 106 cm³/mol. The fourth-order valence-corrected chi connectivity index (χ4v) is 4.05. The van der Waals surface area contributed by atoms with E-state index in [9.17, 15) is 9.59 Å². The first-order chi connectivity index (χ1) is 13.8. The molecule has 0 saturated heterocycles. The molecule has 0 radical (unpaired) electrons. The predicted octanol–water partition coefficient (Wildman–Crippen LogP) is 1.88. The normalized spacial score (nSPS) is 18.5. The van der Waals surface area contributed by atoms with Gasteiger partial charge in [0.2, 0.25) is 0 Å². The van der Waals surface area contributed by atoms with E-state index in [0.717, 1.165) is 30.2 Å². The summed E-state index contributed by atoms with van der Waals surface area (Å²) in [4.78, 5) is 27.5. The van der Waals surface area contributed by atoms with Crippen molar-refractivity contribution in [3.63, 3.8) is 0 Å². The van der Waals surface area contributed by atoms with Crippen LogP contribution in [0.2, 0.25) is 0 Å². The molecule has 0 aliphatic heterocycles. The molecule has 9 nitrogen and oxygen atoms in total. The van der Waals surface area contributed by atoms with Crippen molar-refractivity contribution in [2.45, 2.75) is 52.1 Å². The van der Waals surface area contributed by atoms with Crippen molar-refractivity contribution in [1.82, 2.24) is 34.8 Å². The summed E-state index contributed by atoms with van der Waals surface area (Å²) in [6.07, 6.45) is 5.28. The van der Waals surface area contributed by atoms with Crippen LogP contribution in [0.4, 0.5) is 0 Å². The minimum absolute atomic E-state index is 0.0680. The monoisotopic (exact) mass is 395 g/mol. The number of carbonyl (C=O) groups excluding carboxylic acids is 2. The van der Waals surface area contributed by atoms with Crippen LogP contribution in [-0.2, 0) is 13.6 Å². The highest BCUT2D eigenvalue weighted by Gasteiger charge is 2.35. The topological polar surface area (TPSA) is 110 Å². The van der Waals surface area contributed by atoms with E-state index in [2.05, 4.69) is 25.6 Å². The molecule has 0 spiro atoms. The van der Waals surface area contributed by atoms with Gasteiger partial charge in [0, 0.05) is 44.0 Å². The fourth-order valence-electron chi connectivity index (χ4n) is 4.05. The number of amides is 1. The SMILES string of the molecule is CC(=O)c1[nH]c(C)c(C(=O)NC2CC(c3nnc(Cn4cccn4)n3C)C2)c1C. The summed E-state index contributed by atoms with van der Waals surface area (Å²) in [5.41, 5.74) is 2.50. The first kappa shape index (κ1) is 19.1. The van der Waals surface area contributed by atoms with E-state index >= 15 is 0 Å². The van der Waals surface area contributed by atoms with Gasteiger partial charge >= 0.3 is 0 Å². The standard InChI is InChI=1S/C20H25N7O2/c1-11-17(12(2)22-18(11)13(3)28)20(29)23-15-8-14(9-15)19-25-24-16(26(19)4)10-27-7-5-6-21-27/h5-7,14-15,22H,8-10H2,1-4H3,(H,23,29). The van der Waals surface area contributed by atoms with Crippen molar-refractivity contribution in [2.24, 2.45) is 7.05 Å². The minimum atomic E-state index is -0.135. The van der Waals surface area contributed by atoms with Crippen LogP contribution in [0.3, 0.4) is 0 Å². The average molecular weight is 395 g/mol. The number of carbonyl (C=O) groups is 2. The van der Waals surface area contributed by atoms with E-state index in [4.69, 9.17) is 0 Å². The van der Waals surface area contributed by atoms with Crippen LogP contribution < -0.4 is 5.32 Å². The van der Waals surface area contributed by atoms with E-state index in [1.54, 1.807) is 13.1 Å². The smallest absolute Gasteiger partial charge is 0.253 e. The van der Waals surface area contributed by atoms with Crippen LogP contribution in [-0.4, -0.2) is 47.3 Å². The van der Waals surface area contributed by atoms with Gasteiger partial charge in [-0.05, 0) is 38.3 Å². The van der Waals surface area contributed by atoms with Crippen LogP contribution in [0.15, 0.2) is 18.5 Å². The zero-order valence-electron chi connectivity index (χ0n) is 17.1. The first-order valence-corrected chi connectivity index (χ1v) is 9.71. The second kappa shape index (κ2) is 7.31. The Kier molecular flexibility index (Phi) is 4.81. The fraction of sp³-hybridized carbons (Fsp3) is 0.450. The van der Waals surface area contributed by atoms with Crippen LogP contribution in [0.25, 0.3) is 0 Å². The maximum Gasteiger partial charge on any atom is 0.253 e. The first-order valence-electron chi connectivity index (χ1n) is 9.71. The van der Waals surface area contributed by atoms with Crippen molar-refractivity contribution in [2.75, 3.05) is 0 Å². The van der Waals surface area contributed by atoms with E-state index < -0.39 is 0 Å². The van der Waals surface area contributed by atoms with Gasteiger partial charge in [0.15, 0.2) is 11.6 Å². The maximum atomic E-state index is 12.7. The van der Waals surface area contributed by atoms with Crippen molar-refractivity contribution in [3.8, 4) is 0 Å². The molecule has 3 heterocycles.